The maximum Gasteiger partial charge on any atom is 0.325 e. The average molecular weight is 383 g/mol. The van der Waals surface area contributed by atoms with Gasteiger partial charge < -0.3 is 14.2 Å². The first-order valence-corrected chi connectivity index (χ1v) is 9.07. The van der Waals surface area contributed by atoms with E-state index in [4.69, 9.17) is 25.8 Å². The molecule has 2 atom stereocenters. The molecule has 1 aromatic carbocycles. The molecule has 2 rings (SSSR count). The summed E-state index contributed by atoms with van der Waals surface area (Å²) in [5.41, 5.74) is -1.03. The lowest BCUT2D eigenvalue weighted by Crippen LogP contribution is -2.62. The van der Waals surface area contributed by atoms with Gasteiger partial charge in [0.1, 0.15) is 0 Å². The van der Waals surface area contributed by atoms with Crippen molar-refractivity contribution in [2.45, 2.75) is 33.1 Å². The van der Waals surface area contributed by atoms with Gasteiger partial charge >= 0.3 is 17.9 Å². The van der Waals surface area contributed by atoms with Gasteiger partial charge in [0.2, 0.25) is 0 Å². The molecule has 0 radical (unpaired) electrons. The SMILES string of the molecule is CCOC(=O)[C@@H]1C[C@H](c2ccc(Cl)cc2)C1(C(=O)OCC)C(=O)OCC. The van der Waals surface area contributed by atoms with Gasteiger partial charge in [-0.2, -0.15) is 0 Å². The molecule has 0 spiro atoms. The van der Waals surface area contributed by atoms with Crippen molar-refractivity contribution < 1.29 is 28.6 Å². The number of rotatable bonds is 7. The zero-order chi connectivity index (χ0) is 19.3. The zero-order valence-corrected chi connectivity index (χ0v) is 15.9. The molecule has 0 bridgehead atoms. The highest BCUT2D eigenvalue weighted by Crippen LogP contribution is 2.59. The molecule has 0 saturated heterocycles. The van der Waals surface area contributed by atoms with E-state index in [1.54, 1.807) is 45.0 Å². The molecule has 26 heavy (non-hydrogen) atoms. The van der Waals surface area contributed by atoms with Gasteiger partial charge in [-0.15, -0.1) is 0 Å². The van der Waals surface area contributed by atoms with E-state index >= 15 is 0 Å². The maximum absolute atomic E-state index is 12.9. The van der Waals surface area contributed by atoms with E-state index in [9.17, 15) is 14.4 Å². The fourth-order valence-electron chi connectivity index (χ4n) is 3.46. The van der Waals surface area contributed by atoms with E-state index in [0.29, 0.717) is 5.02 Å². The Labute approximate surface area is 157 Å². The molecule has 6 nitrogen and oxygen atoms in total. The number of halogens is 1. The van der Waals surface area contributed by atoms with Crippen molar-refractivity contribution in [3.05, 3.63) is 34.9 Å². The van der Waals surface area contributed by atoms with Crippen LogP contribution in [0, 0.1) is 11.3 Å². The lowest BCUT2D eigenvalue weighted by Gasteiger charge is -2.50. The normalized spacial score (nSPS) is 20.6. The highest BCUT2D eigenvalue weighted by molar-refractivity contribution is 6.30. The predicted molar refractivity (Wildman–Crippen MR) is 94.6 cm³/mol. The van der Waals surface area contributed by atoms with Crippen molar-refractivity contribution in [1.82, 2.24) is 0 Å². The first kappa shape index (κ1) is 20.2. The lowest BCUT2D eigenvalue weighted by atomic mass is 9.50. The summed E-state index contributed by atoms with van der Waals surface area (Å²) in [7, 11) is 0. The summed E-state index contributed by atoms with van der Waals surface area (Å²) in [6, 6.07) is 6.83. The van der Waals surface area contributed by atoms with E-state index in [2.05, 4.69) is 0 Å². The number of carbonyl (C=O) groups excluding carboxylic acids is 3. The van der Waals surface area contributed by atoms with Crippen LogP contribution in [0.4, 0.5) is 0 Å². The Morgan fingerprint density at radius 3 is 1.92 bits per heavy atom. The topological polar surface area (TPSA) is 78.9 Å². The minimum atomic E-state index is -1.74. The molecule has 142 valence electrons. The third-order valence-corrected chi connectivity index (χ3v) is 4.89. The minimum Gasteiger partial charge on any atom is -0.466 e. The second-order valence-corrected chi connectivity index (χ2v) is 6.39. The van der Waals surface area contributed by atoms with Crippen LogP contribution in [0.3, 0.4) is 0 Å². The van der Waals surface area contributed by atoms with Crippen molar-refractivity contribution in [2.24, 2.45) is 11.3 Å². The van der Waals surface area contributed by atoms with Gasteiger partial charge in [-0.05, 0) is 44.9 Å². The van der Waals surface area contributed by atoms with E-state index < -0.39 is 35.2 Å². The summed E-state index contributed by atoms with van der Waals surface area (Å²) >= 11 is 5.94. The monoisotopic (exact) mass is 382 g/mol. The highest BCUT2D eigenvalue weighted by Gasteiger charge is 2.70. The van der Waals surface area contributed by atoms with Gasteiger partial charge in [0, 0.05) is 10.9 Å². The highest BCUT2D eigenvalue weighted by atomic mass is 35.5. The van der Waals surface area contributed by atoms with Crippen molar-refractivity contribution in [2.75, 3.05) is 19.8 Å². The molecule has 0 aromatic heterocycles. The van der Waals surface area contributed by atoms with Gasteiger partial charge in [0.05, 0.1) is 25.7 Å². The number of esters is 3. The van der Waals surface area contributed by atoms with Crippen LogP contribution in [-0.4, -0.2) is 37.7 Å². The van der Waals surface area contributed by atoms with Gasteiger partial charge in [-0.25, -0.2) is 0 Å². The van der Waals surface area contributed by atoms with Crippen LogP contribution < -0.4 is 0 Å². The first-order chi connectivity index (χ1) is 12.4. The molecule has 0 heterocycles. The van der Waals surface area contributed by atoms with Crippen LogP contribution in [-0.2, 0) is 28.6 Å². The van der Waals surface area contributed by atoms with Gasteiger partial charge in [-0.1, -0.05) is 23.7 Å². The van der Waals surface area contributed by atoms with Crippen molar-refractivity contribution >= 4 is 29.5 Å². The summed E-state index contributed by atoms with van der Waals surface area (Å²) in [5, 5.41) is 0.535. The van der Waals surface area contributed by atoms with E-state index in [1.807, 2.05) is 0 Å². The molecule has 0 N–H and O–H groups in total. The molecule has 1 aromatic rings. The quantitative estimate of drug-likeness (QED) is 0.409. The fourth-order valence-corrected chi connectivity index (χ4v) is 3.59. The molecule has 7 heteroatoms. The maximum atomic E-state index is 12.9. The Bertz CT molecular complexity index is 651. The summed E-state index contributed by atoms with van der Waals surface area (Å²) in [6.45, 7) is 5.29. The summed E-state index contributed by atoms with van der Waals surface area (Å²) in [5.74, 6) is -3.61. The molecule has 0 amide bonds. The molecular weight excluding hydrogens is 360 g/mol. The van der Waals surface area contributed by atoms with Gasteiger partial charge in [0.15, 0.2) is 5.41 Å². The summed E-state index contributed by atoms with van der Waals surface area (Å²) in [6.07, 6.45) is 0.290. The molecule has 1 saturated carbocycles. The fraction of sp³-hybridized carbons (Fsp3) is 0.526. The number of ether oxygens (including phenoxy) is 3. The second kappa shape index (κ2) is 8.54. The third-order valence-electron chi connectivity index (χ3n) is 4.64. The largest absolute Gasteiger partial charge is 0.466 e. The predicted octanol–water partition coefficient (Wildman–Crippen LogP) is 3.12. The third kappa shape index (κ3) is 3.43. The Kier molecular flexibility index (Phi) is 6.64. The Morgan fingerprint density at radius 2 is 1.46 bits per heavy atom. The van der Waals surface area contributed by atoms with Crippen LogP contribution in [0.25, 0.3) is 0 Å². The van der Waals surface area contributed by atoms with Gasteiger partial charge in [-0.3, -0.25) is 14.4 Å². The summed E-state index contributed by atoms with van der Waals surface area (Å²) in [4.78, 5) is 38.2. The van der Waals surface area contributed by atoms with Crippen molar-refractivity contribution in [1.29, 1.82) is 0 Å². The van der Waals surface area contributed by atoms with Crippen molar-refractivity contribution in [3.63, 3.8) is 0 Å². The minimum absolute atomic E-state index is 0.0862. The van der Waals surface area contributed by atoms with Crippen LogP contribution in [0.2, 0.25) is 5.02 Å². The van der Waals surface area contributed by atoms with Crippen LogP contribution in [0.1, 0.15) is 38.7 Å². The number of carbonyl (C=O) groups is 3. The standard InChI is InChI=1S/C19H23ClO6/c1-4-24-16(21)15-11-14(12-7-9-13(20)10-8-12)19(15,17(22)25-5-2)18(23)26-6-3/h7-10,14-15H,4-6,11H2,1-3H3/t14-,15+/m1/s1. The lowest BCUT2D eigenvalue weighted by molar-refractivity contribution is -0.198. The van der Waals surface area contributed by atoms with Crippen LogP contribution in [0.15, 0.2) is 24.3 Å². The zero-order valence-electron chi connectivity index (χ0n) is 15.1. The molecule has 1 aliphatic carbocycles. The number of hydrogen-bond donors (Lipinski definition) is 0. The number of hydrogen-bond acceptors (Lipinski definition) is 6. The molecule has 1 fully saturated rings. The Balaban J connectivity index is 2.52. The van der Waals surface area contributed by atoms with E-state index in [1.165, 1.54) is 0 Å². The van der Waals surface area contributed by atoms with Crippen molar-refractivity contribution in [3.8, 4) is 0 Å². The van der Waals surface area contributed by atoms with E-state index in [-0.39, 0.29) is 26.2 Å². The summed E-state index contributed by atoms with van der Waals surface area (Å²) < 4.78 is 15.4. The van der Waals surface area contributed by atoms with Crippen LogP contribution in [0.5, 0.6) is 0 Å². The Morgan fingerprint density at radius 1 is 0.962 bits per heavy atom. The smallest absolute Gasteiger partial charge is 0.325 e. The van der Waals surface area contributed by atoms with Crippen LogP contribution >= 0.6 is 11.6 Å². The average Bonchev–Trinajstić information content (AvgIpc) is 2.57. The molecular formula is C19H23ClO6. The van der Waals surface area contributed by atoms with E-state index in [0.717, 1.165) is 5.56 Å². The number of benzene rings is 1. The first-order valence-electron chi connectivity index (χ1n) is 8.69. The second-order valence-electron chi connectivity index (χ2n) is 5.95. The molecule has 0 unspecified atom stereocenters. The Hall–Kier alpha value is -2.08. The van der Waals surface area contributed by atoms with Gasteiger partial charge in [0.25, 0.3) is 0 Å². The molecule has 0 aliphatic heterocycles. The molecule has 1 aliphatic rings.